The van der Waals surface area contributed by atoms with Gasteiger partial charge in [-0.15, -0.1) is 11.3 Å². The minimum atomic E-state index is 0.323. The summed E-state index contributed by atoms with van der Waals surface area (Å²) in [5, 5.41) is 4.86. The molecule has 4 heteroatoms. The van der Waals surface area contributed by atoms with Gasteiger partial charge < -0.3 is 5.32 Å². The van der Waals surface area contributed by atoms with E-state index < -0.39 is 0 Å². The highest BCUT2D eigenvalue weighted by molar-refractivity contribution is 7.12. The van der Waals surface area contributed by atoms with Crippen molar-refractivity contribution in [2.75, 3.05) is 7.05 Å². The van der Waals surface area contributed by atoms with Gasteiger partial charge >= 0.3 is 0 Å². The summed E-state index contributed by atoms with van der Waals surface area (Å²) in [5.74, 6) is 0. The number of rotatable bonds is 4. The first-order valence-electron chi connectivity index (χ1n) is 6.90. The molecule has 3 rings (SSSR count). The Bertz CT molecular complexity index is 599. The highest BCUT2D eigenvalue weighted by Crippen LogP contribution is 2.35. The minimum absolute atomic E-state index is 0.323. The van der Waals surface area contributed by atoms with Gasteiger partial charge in [-0.2, -0.15) is 0 Å². The standard InChI is InChI=1S/C16H17Cl2NS/c1-19-14(7-10-5-6-12(17)9-13(10)18)16-8-11-3-2-4-15(11)20-16/h5-6,8-9,14,19H,2-4,7H2,1H3. The van der Waals surface area contributed by atoms with E-state index in [1.165, 1.54) is 24.1 Å². The van der Waals surface area contributed by atoms with E-state index in [0.29, 0.717) is 11.1 Å². The largest absolute Gasteiger partial charge is 0.312 e. The molecule has 0 amide bonds. The Kier molecular flexibility index (Phi) is 4.37. The van der Waals surface area contributed by atoms with Gasteiger partial charge in [-0.3, -0.25) is 0 Å². The third-order valence-electron chi connectivity index (χ3n) is 3.90. The molecule has 0 aliphatic heterocycles. The molecular weight excluding hydrogens is 309 g/mol. The number of likely N-dealkylation sites (N-methyl/N-ethyl adjacent to an activating group) is 1. The summed E-state index contributed by atoms with van der Waals surface area (Å²) in [6.07, 6.45) is 4.70. The van der Waals surface area contributed by atoms with E-state index in [-0.39, 0.29) is 0 Å². The molecule has 1 atom stereocenters. The van der Waals surface area contributed by atoms with Crippen molar-refractivity contribution in [1.29, 1.82) is 0 Å². The molecule has 1 N–H and O–H groups in total. The fourth-order valence-corrected chi connectivity index (χ4v) is 4.63. The van der Waals surface area contributed by atoms with Crippen LogP contribution in [0.5, 0.6) is 0 Å². The Morgan fingerprint density at radius 3 is 2.80 bits per heavy atom. The predicted octanol–water partition coefficient (Wildman–Crippen LogP) is 5.05. The Hall–Kier alpha value is -0.540. The lowest BCUT2D eigenvalue weighted by molar-refractivity contribution is 0.602. The zero-order chi connectivity index (χ0) is 14.1. The summed E-state index contributed by atoms with van der Waals surface area (Å²) in [6.45, 7) is 0. The van der Waals surface area contributed by atoms with E-state index in [2.05, 4.69) is 11.4 Å². The second-order valence-electron chi connectivity index (χ2n) is 5.23. The first-order valence-corrected chi connectivity index (χ1v) is 8.47. The number of hydrogen-bond acceptors (Lipinski definition) is 2. The van der Waals surface area contributed by atoms with Crippen molar-refractivity contribution < 1.29 is 0 Å². The predicted molar refractivity (Wildman–Crippen MR) is 88.3 cm³/mol. The molecule has 0 saturated carbocycles. The SMILES string of the molecule is CNC(Cc1ccc(Cl)cc1Cl)c1cc2c(s1)CCC2. The van der Waals surface area contributed by atoms with Gasteiger partial charge in [0.1, 0.15) is 0 Å². The van der Waals surface area contributed by atoms with Crippen LogP contribution < -0.4 is 5.32 Å². The van der Waals surface area contributed by atoms with E-state index in [0.717, 1.165) is 17.0 Å². The number of benzene rings is 1. The van der Waals surface area contributed by atoms with Crippen molar-refractivity contribution in [1.82, 2.24) is 5.32 Å². The van der Waals surface area contributed by atoms with Crippen LogP contribution in [0.1, 0.15) is 33.3 Å². The van der Waals surface area contributed by atoms with Crippen LogP contribution in [0.15, 0.2) is 24.3 Å². The zero-order valence-corrected chi connectivity index (χ0v) is 13.7. The highest BCUT2D eigenvalue weighted by Gasteiger charge is 2.20. The van der Waals surface area contributed by atoms with Crippen LogP contribution in [-0.4, -0.2) is 7.05 Å². The molecule has 1 unspecified atom stereocenters. The van der Waals surface area contributed by atoms with Crippen LogP contribution in [0.4, 0.5) is 0 Å². The third-order valence-corrected chi connectivity index (χ3v) is 5.83. The summed E-state index contributed by atoms with van der Waals surface area (Å²) in [5.41, 5.74) is 2.69. The van der Waals surface area contributed by atoms with E-state index in [1.54, 1.807) is 10.4 Å². The first kappa shape index (κ1) is 14.4. The van der Waals surface area contributed by atoms with E-state index in [1.807, 2.05) is 36.6 Å². The van der Waals surface area contributed by atoms with Gasteiger partial charge in [0.15, 0.2) is 0 Å². The molecule has 0 radical (unpaired) electrons. The van der Waals surface area contributed by atoms with Crippen molar-refractivity contribution in [3.05, 3.63) is 55.2 Å². The van der Waals surface area contributed by atoms with Gasteiger partial charge in [-0.05, 0) is 62.1 Å². The minimum Gasteiger partial charge on any atom is -0.312 e. The Morgan fingerprint density at radius 1 is 1.25 bits per heavy atom. The maximum Gasteiger partial charge on any atom is 0.0453 e. The molecule has 20 heavy (non-hydrogen) atoms. The summed E-state index contributed by atoms with van der Waals surface area (Å²) >= 11 is 14.2. The van der Waals surface area contributed by atoms with Crippen LogP contribution in [0.2, 0.25) is 10.0 Å². The second kappa shape index (κ2) is 6.07. The number of aryl methyl sites for hydroxylation is 2. The van der Waals surface area contributed by atoms with Gasteiger partial charge in [-0.1, -0.05) is 29.3 Å². The normalized spacial score (nSPS) is 15.3. The molecule has 106 valence electrons. The number of thiophene rings is 1. The summed E-state index contributed by atoms with van der Waals surface area (Å²) in [4.78, 5) is 2.99. The Labute approximate surface area is 133 Å². The molecule has 2 aromatic rings. The molecule has 1 heterocycles. The average molecular weight is 326 g/mol. The molecule has 1 aromatic heterocycles. The Morgan fingerprint density at radius 2 is 2.10 bits per heavy atom. The zero-order valence-electron chi connectivity index (χ0n) is 11.4. The maximum atomic E-state index is 6.28. The number of halogens is 2. The van der Waals surface area contributed by atoms with Gasteiger partial charge in [0.25, 0.3) is 0 Å². The van der Waals surface area contributed by atoms with Crippen LogP contribution in [-0.2, 0) is 19.3 Å². The molecule has 1 aliphatic carbocycles. The van der Waals surface area contributed by atoms with Crippen molar-refractivity contribution in [2.45, 2.75) is 31.7 Å². The molecule has 0 spiro atoms. The number of fused-ring (bicyclic) bond motifs is 1. The summed E-state index contributed by atoms with van der Waals surface area (Å²) in [7, 11) is 2.01. The Balaban J connectivity index is 1.82. The van der Waals surface area contributed by atoms with Crippen LogP contribution >= 0.6 is 34.5 Å². The molecule has 1 aliphatic rings. The topological polar surface area (TPSA) is 12.0 Å². The van der Waals surface area contributed by atoms with Crippen LogP contribution in [0.25, 0.3) is 0 Å². The van der Waals surface area contributed by atoms with Crippen molar-refractivity contribution >= 4 is 34.5 Å². The van der Waals surface area contributed by atoms with Crippen molar-refractivity contribution in [3.63, 3.8) is 0 Å². The molecule has 0 bridgehead atoms. The molecule has 0 fully saturated rings. The van der Waals surface area contributed by atoms with Gasteiger partial charge in [0, 0.05) is 25.8 Å². The van der Waals surface area contributed by atoms with E-state index >= 15 is 0 Å². The average Bonchev–Trinajstić information content (AvgIpc) is 2.98. The third kappa shape index (κ3) is 2.89. The summed E-state index contributed by atoms with van der Waals surface area (Å²) in [6, 6.07) is 8.45. The van der Waals surface area contributed by atoms with Gasteiger partial charge in [-0.25, -0.2) is 0 Å². The molecule has 1 aromatic carbocycles. The number of hydrogen-bond donors (Lipinski definition) is 1. The monoisotopic (exact) mass is 325 g/mol. The van der Waals surface area contributed by atoms with Crippen LogP contribution in [0.3, 0.4) is 0 Å². The number of nitrogens with one attached hydrogen (secondary N) is 1. The van der Waals surface area contributed by atoms with E-state index in [4.69, 9.17) is 23.2 Å². The van der Waals surface area contributed by atoms with Crippen LogP contribution in [0, 0.1) is 0 Å². The first-order chi connectivity index (χ1) is 9.67. The highest BCUT2D eigenvalue weighted by atomic mass is 35.5. The van der Waals surface area contributed by atoms with E-state index in [9.17, 15) is 0 Å². The van der Waals surface area contributed by atoms with Crippen molar-refractivity contribution in [2.24, 2.45) is 0 Å². The molecular formula is C16H17Cl2NS. The van der Waals surface area contributed by atoms with Gasteiger partial charge in [0.05, 0.1) is 0 Å². The lowest BCUT2D eigenvalue weighted by atomic mass is 10.0. The smallest absolute Gasteiger partial charge is 0.0453 e. The second-order valence-corrected chi connectivity index (χ2v) is 7.24. The fraction of sp³-hybridized carbons (Fsp3) is 0.375. The van der Waals surface area contributed by atoms with Crippen molar-refractivity contribution in [3.8, 4) is 0 Å². The molecule has 0 saturated heterocycles. The summed E-state index contributed by atoms with van der Waals surface area (Å²) < 4.78 is 0. The maximum absolute atomic E-state index is 6.28. The lowest BCUT2D eigenvalue weighted by Crippen LogP contribution is -2.18. The fourth-order valence-electron chi connectivity index (χ4n) is 2.78. The molecule has 1 nitrogen and oxygen atoms in total. The quantitative estimate of drug-likeness (QED) is 0.829. The van der Waals surface area contributed by atoms with Gasteiger partial charge in [0.2, 0.25) is 0 Å². The lowest BCUT2D eigenvalue weighted by Gasteiger charge is -2.16.